The van der Waals surface area contributed by atoms with E-state index >= 15 is 0 Å². The molecular formula is C22H27N5O. The lowest BCUT2D eigenvalue weighted by molar-refractivity contribution is 0.197. The van der Waals surface area contributed by atoms with Crippen LogP contribution in [-0.2, 0) is 11.2 Å². The second-order valence-electron chi connectivity index (χ2n) is 6.60. The fourth-order valence-electron chi connectivity index (χ4n) is 2.84. The van der Waals surface area contributed by atoms with Gasteiger partial charge in [-0.25, -0.2) is 4.98 Å². The molecule has 0 saturated heterocycles. The minimum Gasteiger partial charge on any atom is -0.385 e. The Morgan fingerprint density at radius 1 is 1.04 bits per heavy atom. The SMILES string of the molecule is COCCCNc1nc(-c2ccccc2)cc(N(C)CCc2ccncc2)n1. The van der Waals surface area contributed by atoms with Crippen LogP contribution in [0.5, 0.6) is 0 Å². The van der Waals surface area contributed by atoms with Gasteiger partial charge in [0.25, 0.3) is 0 Å². The zero-order valence-electron chi connectivity index (χ0n) is 16.5. The molecule has 0 atom stereocenters. The Hall–Kier alpha value is -2.99. The summed E-state index contributed by atoms with van der Waals surface area (Å²) >= 11 is 0. The van der Waals surface area contributed by atoms with Crippen molar-refractivity contribution in [3.8, 4) is 11.3 Å². The third-order valence-corrected chi connectivity index (χ3v) is 4.47. The van der Waals surface area contributed by atoms with Gasteiger partial charge in [-0.2, -0.15) is 4.98 Å². The summed E-state index contributed by atoms with van der Waals surface area (Å²) in [6.45, 7) is 2.34. The fraction of sp³-hybridized carbons (Fsp3) is 0.318. The van der Waals surface area contributed by atoms with E-state index < -0.39 is 0 Å². The van der Waals surface area contributed by atoms with Gasteiger partial charge in [0.15, 0.2) is 0 Å². The van der Waals surface area contributed by atoms with Crippen LogP contribution in [0.2, 0.25) is 0 Å². The molecule has 0 fully saturated rings. The average Bonchev–Trinajstić information content (AvgIpc) is 2.76. The Bertz CT molecular complexity index is 842. The lowest BCUT2D eigenvalue weighted by atomic mass is 10.1. The number of hydrogen-bond donors (Lipinski definition) is 1. The number of hydrogen-bond acceptors (Lipinski definition) is 6. The molecule has 6 heteroatoms. The van der Waals surface area contributed by atoms with E-state index in [1.54, 1.807) is 7.11 Å². The van der Waals surface area contributed by atoms with E-state index in [0.29, 0.717) is 12.6 Å². The van der Waals surface area contributed by atoms with Gasteiger partial charge in [-0.1, -0.05) is 30.3 Å². The molecule has 0 bridgehead atoms. The van der Waals surface area contributed by atoms with Crippen LogP contribution >= 0.6 is 0 Å². The first-order valence-electron chi connectivity index (χ1n) is 9.53. The van der Waals surface area contributed by atoms with E-state index in [1.807, 2.05) is 48.8 Å². The topological polar surface area (TPSA) is 63.2 Å². The van der Waals surface area contributed by atoms with Crippen molar-refractivity contribution in [2.75, 3.05) is 44.1 Å². The molecule has 3 aromatic rings. The van der Waals surface area contributed by atoms with E-state index in [-0.39, 0.29) is 0 Å². The van der Waals surface area contributed by atoms with Crippen LogP contribution < -0.4 is 10.2 Å². The van der Waals surface area contributed by atoms with Crippen molar-refractivity contribution in [3.63, 3.8) is 0 Å². The molecule has 2 aromatic heterocycles. The van der Waals surface area contributed by atoms with Gasteiger partial charge < -0.3 is 15.0 Å². The minimum atomic E-state index is 0.642. The summed E-state index contributed by atoms with van der Waals surface area (Å²) in [5.41, 5.74) is 3.25. The van der Waals surface area contributed by atoms with Crippen LogP contribution in [0.4, 0.5) is 11.8 Å². The Labute approximate surface area is 166 Å². The van der Waals surface area contributed by atoms with Crippen molar-refractivity contribution in [1.29, 1.82) is 0 Å². The first-order chi connectivity index (χ1) is 13.8. The number of nitrogens with zero attached hydrogens (tertiary/aromatic N) is 4. The van der Waals surface area contributed by atoms with Crippen molar-refractivity contribution in [1.82, 2.24) is 15.0 Å². The molecule has 6 nitrogen and oxygen atoms in total. The molecule has 1 aromatic carbocycles. The van der Waals surface area contributed by atoms with Crippen LogP contribution in [0, 0.1) is 0 Å². The number of likely N-dealkylation sites (N-methyl/N-ethyl adjacent to an activating group) is 1. The summed E-state index contributed by atoms with van der Waals surface area (Å²) in [6.07, 6.45) is 5.49. The molecule has 146 valence electrons. The maximum Gasteiger partial charge on any atom is 0.225 e. The predicted octanol–water partition coefficient (Wildman–Crippen LogP) is 3.67. The summed E-state index contributed by atoms with van der Waals surface area (Å²) in [7, 11) is 3.77. The van der Waals surface area contributed by atoms with Crippen LogP contribution in [0.25, 0.3) is 11.3 Å². The summed E-state index contributed by atoms with van der Waals surface area (Å²) in [6, 6.07) is 16.3. The molecule has 0 aliphatic carbocycles. The molecule has 0 radical (unpaired) electrons. The monoisotopic (exact) mass is 377 g/mol. The molecule has 2 heterocycles. The molecule has 0 unspecified atom stereocenters. The highest BCUT2D eigenvalue weighted by molar-refractivity contribution is 5.64. The van der Waals surface area contributed by atoms with E-state index in [2.05, 4.69) is 34.4 Å². The van der Waals surface area contributed by atoms with Gasteiger partial charge in [0, 0.05) is 57.9 Å². The second-order valence-corrected chi connectivity index (χ2v) is 6.60. The van der Waals surface area contributed by atoms with Crippen LogP contribution in [0.1, 0.15) is 12.0 Å². The highest BCUT2D eigenvalue weighted by atomic mass is 16.5. The van der Waals surface area contributed by atoms with Crippen LogP contribution in [-0.4, -0.2) is 48.8 Å². The Morgan fingerprint density at radius 2 is 1.82 bits per heavy atom. The molecule has 0 saturated carbocycles. The number of aromatic nitrogens is 3. The summed E-state index contributed by atoms with van der Waals surface area (Å²) in [5, 5.41) is 3.32. The van der Waals surface area contributed by atoms with Gasteiger partial charge in [-0.05, 0) is 30.5 Å². The number of ether oxygens (including phenoxy) is 1. The number of nitrogens with one attached hydrogen (secondary N) is 1. The number of methoxy groups -OCH3 is 1. The third kappa shape index (κ3) is 5.76. The maximum atomic E-state index is 5.12. The standard InChI is InChI=1S/C22H27N5O/c1-27(15-11-18-9-13-23-14-10-18)21-17-20(19-7-4-3-5-8-19)25-22(26-21)24-12-6-16-28-2/h3-5,7-10,13-14,17H,6,11-12,15-16H2,1-2H3,(H,24,25,26). The molecule has 28 heavy (non-hydrogen) atoms. The first-order valence-corrected chi connectivity index (χ1v) is 9.53. The molecule has 0 aliphatic heterocycles. The first kappa shape index (κ1) is 19.8. The van der Waals surface area contributed by atoms with E-state index in [4.69, 9.17) is 14.7 Å². The van der Waals surface area contributed by atoms with Crippen molar-refractivity contribution in [3.05, 3.63) is 66.5 Å². The normalized spacial score (nSPS) is 10.6. The van der Waals surface area contributed by atoms with Gasteiger partial charge in [0.1, 0.15) is 5.82 Å². The minimum absolute atomic E-state index is 0.642. The molecule has 0 spiro atoms. The largest absolute Gasteiger partial charge is 0.385 e. The van der Waals surface area contributed by atoms with Crippen LogP contribution in [0.15, 0.2) is 60.9 Å². The molecule has 0 aliphatic rings. The molecule has 0 amide bonds. The Morgan fingerprint density at radius 3 is 2.57 bits per heavy atom. The predicted molar refractivity (Wildman–Crippen MR) is 114 cm³/mol. The number of pyridine rings is 1. The van der Waals surface area contributed by atoms with Gasteiger partial charge in [0.05, 0.1) is 5.69 Å². The average molecular weight is 377 g/mol. The molecule has 1 N–H and O–H groups in total. The van der Waals surface area contributed by atoms with E-state index in [0.717, 1.165) is 43.0 Å². The van der Waals surface area contributed by atoms with Gasteiger partial charge >= 0.3 is 0 Å². The Kier molecular flexibility index (Phi) is 7.32. The second kappa shape index (κ2) is 10.4. The van der Waals surface area contributed by atoms with Gasteiger partial charge in [-0.3, -0.25) is 4.98 Å². The number of benzene rings is 1. The number of anilines is 2. The smallest absolute Gasteiger partial charge is 0.225 e. The van der Waals surface area contributed by atoms with Crippen molar-refractivity contribution < 1.29 is 4.74 Å². The zero-order valence-corrected chi connectivity index (χ0v) is 16.5. The van der Waals surface area contributed by atoms with E-state index in [1.165, 1.54) is 5.56 Å². The zero-order chi connectivity index (χ0) is 19.6. The van der Waals surface area contributed by atoms with Gasteiger partial charge in [-0.15, -0.1) is 0 Å². The number of rotatable bonds is 10. The molecule has 3 rings (SSSR count). The highest BCUT2D eigenvalue weighted by Gasteiger charge is 2.10. The fourth-order valence-corrected chi connectivity index (χ4v) is 2.84. The quantitative estimate of drug-likeness (QED) is 0.544. The third-order valence-electron chi connectivity index (χ3n) is 4.47. The maximum absolute atomic E-state index is 5.12. The summed E-state index contributed by atoms with van der Waals surface area (Å²) < 4.78 is 5.12. The lowest BCUT2D eigenvalue weighted by Gasteiger charge is -2.20. The molecular weight excluding hydrogens is 350 g/mol. The summed E-state index contributed by atoms with van der Waals surface area (Å²) in [4.78, 5) is 15.7. The van der Waals surface area contributed by atoms with Crippen molar-refractivity contribution >= 4 is 11.8 Å². The highest BCUT2D eigenvalue weighted by Crippen LogP contribution is 2.23. The lowest BCUT2D eigenvalue weighted by Crippen LogP contribution is -2.22. The van der Waals surface area contributed by atoms with E-state index in [9.17, 15) is 0 Å². The summed E-state index contributed by atoms with van der Waals surface area (Å²) in [5.74, 6) is 1.54. The van der Waals surface area contributed by atoms with Crippen molar-refractivity contribution in [2.24, 2.45) is 0 Å². The van der Waals surface area contributed by atoms with Gasteiger partial charge in [0.2, 0.25) is 5.95 Å². The Balaban J connectivity index is 1.77. The van der Waals surface area contributed by atoms with Crippen molar-refractivity contribution in [2.45, 2.75) is 12.8 Å². The van der Waals surface area contributed by atoms with Crippen LogP contribution in [0.3, 0.4) is 0 Å².